The minimum Gasteiger partial charge on any atom is -0.543 e. The zero-order valence-corrected chi connectivity index (χ0v) is 20.2. The molecular formula is C18H24Br2O2Si2. The van der Waals surface area contributed by atoms with Crippen molar-refractivity contribution in [2.45, 2.75) is 39.3 Å². The third-order valence-corrected chi connectivity index (χ3v) is 5.92. The highest BCUT2D eigenvalue weighted by Gasteiger charge is 2.25. The van der Waals surface area contributed by atoms with E-state index in [1.807, 2.05) is 24.3 Å². The molecule has 0 aliphatic carbocycles. The van der Waals surface area contributed by atoms with Gasteiger partial charge in [0.2, 0.25) is 16.6 Å². The fourth-order valence-corrected chi connectivity index (χ4v) is 5.12. The van der Waals surface area contributed by atoms with E-state index in [2.05, 4.69) is 83.3 Å². The van der Waals surface area contributed by atoms with Gasteiger partial charge in [-0.3, -0.25) is 0 Å². The molecule has 0 N–H and O–H groups in total. The maximum Gasteiger partial charge on any atom is 0.242 e. The van der Waals surface area contributed by atoms with E-state index < -0.39 is 16.6 Å². The molecule has 0 saturated carbocycles. The van der Waals surface area contributed by atoms with E-state index >= 15 is 0 Å². The van der Waals surface area contributed by atoms with Crippen LogP contribution in [0.4, 0.5) is 0 Å². The number of benzene rings is 2. The fourth-order valence-electron chi connectivity index (χ4n) is 2.26. The first-order chi connectivity index (χ1) is 11.0. The van der Waals surface area contributed by atoms with Gasteiger partial charge in [0, 0.05) is 11.1 Å². The average Bonchev–Trinajstić information content (AvgIpc) is 2.41. The number of para-hydroxylation sites is 2. The van der Waals surface area contributed by atoms with Crippen molar-refractivity contribution in [1.29, 1.82) is 0 Å². The van der Waals surface area contributed by atoms with E-state index in [1.54, 1.807) is 0 Å². The number of hydrogen-bond acceptors (Lipinski definition) is 2. The lowest BCUT2D eigenvalue weighted by molar-refractivity contribution is 0.547. The summed E-state index contributed by atoms with van der Waals surface area (Å²) in [5, 5.41) is 0. The maximum absolute atomic E-state index is 6.38. The maximum atomic E-state index is 6.38. The smallest absolute Gasteiger partial charge is 0.242 e. The quantitative estimate of drug-likeness (QED) is 0.411. The van der Waals surface area contributed by atoms with Gasteiger partial charge in [0.25, 0.3) is 0 Å². The summed E-state index contributed by atoms with van der Waals surface area (Å²) in [6, 6.07) is 12.3. The van der Waals surface area contributed by atoms with Crippen LogP contribution in [0.3, 0.4) is 0 Å². The molecule has 0 bridgehead atoms. The molecule has 2 rings (SSSR count). The van der Waals surface area contributed by atoms with Crippen molar-refractivity contribution in [2.24, 2.45) is 0 Å². The topological polar surface area (TPSA) is 18.5 Å². The van der Waals surface area contributed by atoms with Crippen LogP contribution in [0.25, 0.3) is 11.1 Å². The number of rotatable bonds is 5. The van der Waals surface area contributed by atoms with Crippen LogP contribution in [0.15, 0.2) is 45.3 Å². The summed E-state index contributed by atoms with van der Waals surface area (Å²) >= 11 is 7.31. The molecule has 0 heterocycles. The monoisotopic (exact) mass is 486 g/mol. The van der Waals surface area contributed by atoms with E-state index in [4.69, 9.17) is 8.85 Å². The van der Waals surface area contributed by atoms with Crippen molar-refractivity contribution in [3.05, 3.63) is 45.3 Å². The zero-order valence-electron chi connectivity index (χ0n) is 15.0. The lowest BCUT2D eigenvalue weighted by atomic mass is 10.0. The Morgan fingerprint density at radius 3 is 1.25 bits per heavy atom. The van der Waals surface area contributed by atoms with Crippen LogP contribution in [0.1, 0.15) is 0 Å². The Morgan fingerprint density at radius 2 is 0.958 bits per heavy atom. The molecular weight excluding hydrogens is 464 g/mol. The van der Waals surface area contributed by atoms with Gasteiger partial charge in [-0.2, -0.15) is 0 Å². The van der Waals surface area contributed by atoms with Gasteiger partial charge in [0.15, 0.2) is 0 Å². The lowest BCUT2D eigenvalue weighted by Crippen LogP contribution is -2.30. The first kappa shape index (κ1) is 19.8. The van der Waals surface area contributed by atoms with E-state index in [0.29, 0.717) is 0 Å². The molecule has 0 aliphatic heterocycles. The minimum absolute atomic E-state index is 0.898. The summed E-state index contributed by atoms with van der Waals surface area (Å²) in [6.45, 7) is 13.1. The normalized spacial score (nSPS) is 12.2. The molecule has 2 aromatic rings. The SMILES string of the molecule is C[Si](C)(C)Oc1c(Br)cccc1-c1cccc(Br)c1O[Si](C)(C)C. The summed E-state index contributed by atoms with van der Waals surface area (Å²) in [5.74, 6) is 1.80. The van der Waals surface area contributed by atoms with Crippen molar-refractivity contribution in [1.82, 2.24) is 0 Å². The highest BCUT2D eigenvalue weighted by atomic mass is 79.9. The third-order valence-electron chi connectivity index (χ3n) is 3.04. The fraction of sp³-hybridized carbons (Fsp3) is 0.333. The molecule has 0 amide bonds. The number of hydrogen-bond donors (Lipinski definition) is 0. The molecule has 0 radical (unpaired) electrons. The van der Waals surface area contributed by atoms with Gasteiger partial charge in [-0.1, -0.05) is 24.3 Å². The van der Waals surface area contributed by atoms with Gasteiger partial charge in [0.1, 0.15) is 11.5 Å². The largest absolute Gasteiger partial charge is 0.543 e. The predicted molar refractivity (Wildman–Crippen MR) is 115 cm³/mol. The van der Waals surface area contributed by atoms with Gasteiger partial charge in [-0.05, 0) is 83.3 Å². The number of halogens is 2. The Bertz CT molecular complexity index is 671. The van der Waals surface area contributed by atoms with E-state index in [9.17, 15) is 0 Å². The van der Waals surface area contributed by atoms with Crippen molar-refractivity contribution in [3.63, 3.8) is 0 Å². The Hall–Kier alpha value is -0.566. The van der Waals surface area contributed by atoms with Crippen molar-refractivity contribution in [3.8, 4) is 22.6 Å². The first-order valence-corrected chi connectivity index (χ1v) is 16.3. The van der Waals surface area contributed by atoms with E-state index in [-0.39, 0.29) is 0 Å². The molecule has 0 saturated heterocycles. The van der Waals surface area contributed by atoms with Crippen LogP contribution in [0.2, 0.25) is 39.3 Å². The van der Waals surface area contributed by atoms with Crippen LogP contribution in [0, 0.1) is 0 Å². The predicted octanol–water partition coefficient (Wildman–Crippen LogP) is 7.31. The Labute approximate surface area is 164 Å². The Kier molecular flexibility index (Phi) is 6.05. The third kappa shape index (κ3) is 5.21. The second-order valence-corrected chi connectivity index (χ2v) is 18.2. The summed E-state index contributed by atoms with van der Waals surface area (Å²) in [6.07, 6.45) is 0. The molecule has 130 valence electrons. The molecule has 0 fully saturated rings. The highest BCUT2D eigenvalue weighted by Crippen LogP contribution is 2.44. The minimum atomic E-state index is -1.75. The first-order valence-electron chi connectivity index (χ1n) is 7.93. The van der Waals surface area contributed by atoms with Gasteiger partial charge in [-0.15, -0.1) is 0 Å². The van der Waals surface area contributed by atoms with Crippen LogP contribution in [-0.4, -0.2) is 16.6 Å². The van der Waals surface area contributed by atoms with Gasteiger partial charge < -0.3 is 8.85 Å². The Balaban J connectivity index is 2.65. The zero-order chi connectivity index (χ0) is 18.1. The summed E-state index contributed by atoms with van der Waals surface area (Å²) in [7, 11) is -3.49. The average molecular weight is 488 g/mol. The van der Waals surface area contributed by atoms with Gasteiger partial charge in [-0.25, -0.2) is 0 Å². The van der Waals surface area contributed by atoms with Crippen LogP contribution in [0.5, 0.6) is 11.5 Å². The molecule has 0 spiro atoms. The standard InChI is InChI=1S/C18H24Br2O2Si2/c1-23(2,3)21-17-13(9-7-11-15(17)19)14-10-8-12-16(20)18(14)22-24(4,5)6/h7-12H,1-6H3. The Morgan fingerprint density at radius 1 is 0.625 bits per heavy atom. The van der Waals surface area contributed by atoms with Crippen molar-refractivity contribution >= 4 is 48.5 Å². The summed E-state index contributed by atoms with van der Waals surface area (Å²) < 4.78 is 14.7. The molecule has 2 nitrogen and oxygen atoms in total. The van der Waals surface area contributed by atoms with Crippen molar-refractivity contribution in [2.75, 3.05) is 0 Å². The summed E-state index contributed by atoms with van der Waals surface area (Å²) in [4.78, 5) is 0. The van der Waals surface area contributed by atoms with Crippen LogP contribution in [-0.2, 0) is 0 Å². The van der Waals surface area contributed by atoms with Crippen LogP contribution >= 0.6 is 31.9 Å². The molecule has 0 aliphatic rings. The van der Waals surface area contributed by atoms with Gasteiger partial charge in [0.05, 0.1) is 8.95 Å². The highest BCUT2D eigenvalue weighted by molar-refractivity contribution is 9.11. The summed E-state index contributed by atoms with van der Waals surface area (Å²) in [5.41, 5.74) is 2.11. The molecule has 0 atom stereocenters. The molecule has 24 heavy (non-hydrogen) atoms. The van der Waals surface area contributed by atoms with Crippen molar-refractivity contribution < 1.29 is 8.85 Å². The lowest BCUT2D eigenvalue weighted by Gasteiger charge is -2.26. The van der Waals surface area contributed by atoms with E-state index in [1.165, 1.54) is 0 Å². The second-order valence-electron chi connectivity index (χ2n) is 7.66. The molecule has 2 aromatic carbocycles. The van der Waals surface area contributed by atoms with Gasteiger partial charge >= 0.3 is 0 Å². The molecule has 0 aromatic heterocycles. The van der Waals surface area contributed by atoms with E-state index in [0.717, 1.165) is 31.6 Å². The van der Waals surface area contributed by atoms with Crippen LogP contribution < -0.4 is 8.85 Å². The second kappa shape index (κ2) is 7.35. The molecule has 0 unspecified atom stereocenters. The molecule has 6 heteroatoms.